The first kappa shape index (κ1) is 19.4. The Morgan fingerprint density at radius 1 is 1.13 bits per heavy atom. The Bertz CT molecular complexity index is 1060. The number of carbonyl (C=O) groups excluding carboxylic acids is 1. The molecule has 0 saturated heterocycles. The summed E-state index contributed by atoms with van der Waals surface area (Å²) >= 11 is 1.94. The summed E-state index contributed by atoms with van der Waals surface area (Å²) < 4.78 is 2.35. The van der Waals surface area contributed by atoms with Crippen LogP contribution in [0.3, 0.4) is 0 Å². The Kier molecular flexibility index (Phi) is 5.15. The second-order valence-corrected chi connectivity index (χ2v) is 9.58. The molecule has 4 nitrogen and oxygen atoms in total. The Morgan fingerprint density at radius 3 is 2.73 bits per heavy atom. The summed E-state index contributed by atoms with van der Waals surface area (Å²) in [7, 11) is 0. The lowest BCUT2D eigenvalue weighted by atomic mass is 9.95. The number of nitrogens with one attached hydrogen (secondary N) is 1. The summed E-state index contributed by atoms with van der Waals surface area (Å²) in [5.41, 5.74) is 6.47. The van der Waals surface area contributed by atoms with Crippen molar-refractivity contribution in [2.75, 3.05) is 0 Å². The quantitative estimate of drug-likeness (QED) is 0.564. The van der Waals surface area contributed by atoms with Gasteiger partial charge in [0.1, 0.15) is 5.00 Å². The highest BCUT2D eigenvalue weighted by atomic mass is 32.1. The van der Waals surface area contributed by atoms with Crippen molar-refractivity contribution in [3.63, 3.8) is 0 Å². The van der Waals surface area contributed by atoms with Gasteiger partial charge in [-0.3, -0.25) is 0 Å². The predicted molar refractivity (Wildman–Crippen MR) is 122 cm³/mol. The average Bonchev–Trinajstić information content (AvgIpc) is 3.35. The van der Waals surface area contributed by atoms with Gasteiger partial charge in [0.15, 0.2) is 0 Å². The van der Waals surface area contributed by atoms with E-state index in [1.54, 1.807) is 0 Å². The van der Waals surface area contributed by atoms with Crippen molar-refractivity contribution in [2.24, 2.45) is 0 Å². The molecule has 156 valence electrons. The van der Waals surface area contributed by atoms with Crippen LogP contribution in [-0.4, -0.2) is 15.5 Å². The first-order chi connectivity index (χ1) is 14.7. The molecule has 5 rings (SSSR count). The first-order valence-electron chi connectivity index (χ1n) is 11.1. The van der Waals surface area contributed by atoms with E-state index in [0.717, 1.165) is 18.4 Å². The van der Waals surface area contributed by atoms with Crippen LogP contribution in [0.15, 0.2) is 42.6 Å². The van der Waals surface area contributed by atoms with Crippen molar-refractivity contribution in [3.8, 4) is 5.00 Å². The van der Waals surface area contributed by atoms with Crippen molar-refractivity contribution in [3.05, 3.63) is 75.4 Å². The Hall–Kier alpha value is -2.53. The highest BCUT2D eigenvalue weighted by Gasteiger charge is 2.34. The zero-order valence-electron chi connectivity index (χ0n) is 17.8. The van der Waals surface area contributed by atoms with E-state index in [4.69, 9.17) is 0 Å². The van der Waals surface area contributed by atoms with Crippen molar-refractivity contribution >= 4 is 17.4 Å². The molecule has 0 unspecified atom stereocenters. The standard InChI is InChI=1S/C25H29N3OS/c1-3-21-22-8-6-14-27(22)24-20(19-7-4-5-9-23(19)30-24)16-28(21)25(29)26-15-18-12-10-17(2)11-13-18/h6,8,10-14,21H,3-5,7,9,15-16H2,1-2H3,(H,26,29)/t21-/m1/s1. The van der Waals surface area contributed by atoms with E-state index < -0.39 is 0 Å². The number of hydrogen-bond donors (Lipinski definition) is 1. The number of amides is 2. The molecule has 30 heavy (non-hydrogen) atoms. The minimum absolute atomic E-state index is 0.0267. The minimum Gasteiger partial charge on any atom is -0.334 e. The van der Waals surface area contributed by atoms with Crippen LogP contribution in [0.25, 0.3) is 5.00 Å². The van der Waals surface area contributed by atoms with E-state index in [9.17, 15) is 4.79 Å². The van der Waals surface area contributed by atoms with Gasteiger partial charge in [0.25, 0.3) is 0 Å². The molecule has 0 spiro atoms. The molecule has 1 aliphatic carbocycles. The van der Waals surface area contributed by atoms with Crippen molar-refractivity contribution in [2.45, 2.75) is 65.1 Å². The van der Waals surface area contributed by atoms with Crippen molar-refractivity contribution < 1.29 is 4.79 Å². The number of thiophene rings is 1. The molecule has 0 bridgehead atoms. The van der Waals surface area contributed by atoms with Crippen LogP contribution in [0.2, 0.25) is 0 Å². The molecular formula is C25H29N3OS. The first-order valence-corrected chi connectivity index (χ1v) is 11.9. The second kappa shape index (κ2) is 7.95. The van der Waals surface area contributed by atoms with E-state index >= 15 is 0 Å². The third-order valence-electron chi connectivity index (χ3n) is 6.52. The molecule has 3 aromatic rings. The molecule has 3 heterocycles. The van der Waals surface area contributed by atoms with Crippen LogP contribution in [0.1, 0.15) is 65.1 Å². The second-order valence-electron chi connectivity index (χ2n) is 8.49. The van der Waals surface area contributed by atoms with Crippen LogP contribution in [-0.2, 0) is 25.9 Å². The lowest BCUT2D eigenvalue weighted by Crippen LogP contribution is -2.41. The molecule has 0 radical (unpaired) electrons. The monoisotopic (exact) mass is 419 g/mol. The van der Waals surface area contributed by atoms with Crippen LogP contribution < -0.4 is 5.32 Å². The smallest absolute Gasteiger partial charge is 0.318 e. The summed E-state index contributed by atoms with van der Waals surface area (Å²) in [6.45, 7) is 5.51. The number of nitrogens with zero attached hydrogens (tertiary/aromatic N) is 2. The third kappa shape index (κ3) is 3.35. The van der Waals surface area contributed by atoms with Crippen molar-refractivity contribution in [1.82, 2.24) is 14.8 Å². The van der Waals surface area contributed by atoms with Crippen LogP contribution in [0.4, 0.5) is 4.79 Å². The molecule has 5 heteroatoms. The highest BCUT2D eigenvalue weighted by molar-refractivity contribution is 7.15. The van der Waals surface area contributed by atoms with Gasteiger partial charge in [0, 0.05) is 28.9 Å². The molecular weight excluding hydrogens is 390 g/mol. The molecule has 2 amide bonds. The van der Waals surface area contributed by atoms with E-state index in [1.165, 1.54) is 51.5 Å². The maximum absolute atomic E-state index is 13.4. The van der Waals surface area contributed by atoms with E-state index in [1.807, 2.05) is 11.3 Å². The SMILES string of the molecule is CC[C@@H]1c2cccn2-c2sc3c(c2CN1C(=O)NCc1ccc(C)cc1)CCCC3. The van der Waals surface area contributed by atoms with E-state index in [2.05, 4.69) is 71.2 Å². The van der Waals surface area contributed by atoms with Gasteiger partial charge in [-0.25, -0.2) is 4.79 Å². The molecule has 2 aromatic heterocycles. The molecule has 0 saturated carbocycles. The summed E-state index contributed by atoms with van der Waals surface area (Å²) in [6.07, 6.45) is 7.94. The summed E-state index contributed by atoms with van der Waals surface area (Å²) in [5.74, 6) is 0. The fourth-order valence-corrected chi connectivity index (χ4v) is 6.30. The zero-order chi connectivity index (χ0) is 20.7. The highest BCUT2D eigenvalue weighted by Crippen LogP contribution is 2.42. The minimum atomic E-state index is 0.0267. The van der Waals surface area contributed by atoms with Crippen LogP contribution >= 0.6 is 11.3 Å². The molecule has 1 N–H and O–H groups in total. The summed E-state index contributed by atoms with van der Waals surface area (Å²) in [6, 6.07) is 12.8. The third-order valence-corrected chi connectivity index (χ3v) is 7.85. The largest absolute Gasteiger partial charge is 0.334 e. The van der Waals surface area contributed by atoms with Crippen LogP contribution in [0, 0.1) is 6.92 Å². The fraction of sp³-hybridized carbons (Fsp3) is 0.400. The number of urea groups is 1. The summed E-state index contributed by atoms with van der Waals surface area (Å²) in [4.78, 5) is 17.0. The lowest BCUT2D eigenvalue weighted by Gasteiger charge is -2.30. The number of carbonyl (C=O) groups is 1. The number of rotatable bonds is 3. The molecule has 2 aliphatic rings. The fourth-order valence-electron chi connectivity index (χ4n) is 4.89. The maximum atomic E-state index is 13.4. The van der Waals surface area contributed by atoms with E-state index in [-0.39, 0.29) is 12.1 Å². The number of fused-ring (bicyclic) bond motifs is 5. The van der Waals surface area contributed by atoms with Crippen LogP contribution in [0.5, 0.6) is 0 Å². The molecule has 1 atom stereocenters. The maximum Gasteiger partial charge on any atom is 0.318 e. The number of aromatic nitrogens is 1. The van der Waals surface area contributed by atoms with Gasteiger partial charge >= 0.3 is 6.03 Å². The number of aryl methyl sites for hydroxylation is 2. The molecule has 1 aliphatic heterocycles. The Balaban J connectivity index is 1.48. The Morgan fingerprint density at radius 2 is 1.93 bits per heavy atom. The Labute approximate surface area is 182 Å². The van der Waals surface area contributed by atoms with Gasteiger partial charge < -0.3 is 14.8 Å². The van der Waals surface area contributed by atoms with E-state index in [0.29, 0.717) is 13.1 Å². The normalized spacial score (nSPS) is 17.7. The molecule has 1 aromatic carbocycles. The van der Waals surface area contributed by atoms with Gasteiger partial charge in [-0.15, -0.1) is 11.3 Å². The van der Waals surface area contributed by atoms with Gasteiger partial charge in [-0.2, -0.15) is 0 Å². The molecule has 0 fully saturated rings. The average molecular weight is 420 g/mol. The van der Waals surface area contributed by atoms with Gasteiger partial charge in [0.2, 0.25) is 0 Å². The summed E-state index contributed by atoms with van der Waals surface area (Å²) in [5, 5.41) is 4.52. The zero-order valence-corrected chi connectivity index (χ0v) is 18.6. The number of benzene rings is 1. The lowest BCUT2D eigenvalue weighted by molar-refractivity contribution is 0.167. The topological polar surface area (TPSA) is 37.3 Å². The number of hydrogen-bond acceptors (Lipinski definition) is 2. The van der Waals surface area contributed by atoms with Gasteiger partial charge in [0.05, 0.1) is 12.6 Å². The van der Waals surface area contributed by atoms with Gasteiger partial charge in [-0.05, 0) is 62.3 Å². The predicted octanol–water partition coefficient (Wildman–Crippen LogP) is 5.90. The van der Waals surface area contributed by atoms with Gasteiger partial charge in [-0.1, -0.05) is 36.8 Å². The van der Waals surface area contributed by atoms with Crippen molar-refractivity contribution in [1.29, 1.82) is 0 Å².